The average Bonchev–Trinajstić information content (AvgIpc) is 2.42. The van der Waals surface area contributed by atoms with E-state index in [9.17, 15) is 14.7 Å². The van der Waals surface area contributed by atoms with Gasteiger partial charge in [0.25, 0.3) is 0 Å². The third kappa shape index (κ3) is 5.46. The van der Waals surface area contributed by atoms with E-state index < -0.39 is 18.0 Å². The molecule has 1 amide bonds. The number of rotatable bonds is 6. The van der Waals surface area contributed by atoms with Crippen LogP contribution in [0.3, 0.4) is 0 Å². The molecule has 0 aliphatic carbocycles. The monoisotopic (exact) mass is 363 g/mol. The van der Waals surface area contributed by atoms with Crippen LogP contribution in [0.4, 0.5) is 0 Å². The Kier molecular flexibility index (Phi) is 6.66. The van der Waals surface area contributed by atoms with Crippen LogP contribution >= 0.6 is 22.6 Å². The van der Waals surface area contributed by atoms with Gasteiger partial charge in [-0.1, -0.05) is 52.9 Å². The van der Waals surface area contributed by atoms with E-state index in [-0.39, 0.29) is 17.6 Å². The normalized spacial score (nSPS) is 11.7. The SMILES string of the molecule is O=C(CNC(=O)[C@@H](O)CI)OCc1ccccc1. The number of aliphatic hydroxyl groups is 1. The van der Waals surface area contributed by atoms with Crippen molar-refractivity contribution in [1.29, 1.82) is 0 Å². The van der Waals surface area contributed by atoms with Gasteiger partial charge in [0.1, 0.15) is 19.3 Å². The second-order valence-corrected chi connectivity index (χ2v) is 4.41. The molecule has 98 valence electrons. The van der Waals surface area contributed by atoms with E-state index in [1.54, 1.807) is 0 Å². The van der Waals surface area contributed by atoms with Crippen molar-refractivity contribution in [1.82, 2.24) is 5.32 Å². The first-order chi connectivity index (χ1) is 8.63. The molecule has 2 N–H and O–H groups in total. The minimum Gasteiger partial charge on any atom is -0.460 e. The zero-order chi connectivity index (χ0) is 13.4. The smallest absolute Gasteiger partial charge is 0.325 e. The maximum Gasteiger partial charge on any atom is 0.325 e. The zero-order valence-electron chi connectivity index (χ0n) is 9.64. The number of halogens is 1. The number of aliphatic hydroxyl groups excluding tert-OH is 1. The Morgan fingerprint density at radius 3 is 2.61 bits per heavy atom. The van der Waals surface area contributed by atoms with Crippen molar-refractivity contribution >= 4 is 34.5 Å². The lowest BCUT2D eigenvalue weighted by Gasteiger charge is -2.08. The quantitative estimate of drug-likeness (QED) is 0.442. The number of carbonyl (C=O) groups excluding carboxylic acids is 2. The van der Waals surface area contributed by atoms with Gasteiger partial charge in [-0.15, -0.1) is 0 Å². The van der Waals surface area contributed by atoms with E-state index in [0.29, 0.717) is 0 Å². The summed E-state index contributed by atoms with van der Waals surface area (Å²) in [4.78, 5) is 22.5. The second-order valence-electron chi connectivity index (χ2n) is 3.53. The van der Waals surface area contributed by atoms with Crippen LogP contribution in [-0.2, 0) is 20.9 Å². The van der Waals surface area contributed by atoms with Gasteiger partial charge in [0.05, 0.1) is 0 Å². The molecule has 0 bridgehead atoms. The lowest BCUT2D eigenvalue weighted by atomic mass is 10.2. The summed E-state index contributed by atoms with van der Waals surface area (Å²) >= 11 is 1.88. The molecule has 0 heterocycles. The highest BCUT2D eigenvalue weighted by Gasteiger charge is 2.14. The number of amides is 1. The van der Waals surface area contributed by atoms with Crippen molar-refractivity contribution in [2.45, 2.75) is 12.7 Å². The Balaban J connectivity index is 2.24. The fourth-order valence-corrected chi connectivity index (χ4v) is 1.54. The second kappa shape index (κ2) is 8.04. The predicted octanol–water partition coefficient (Wildman–Crippen LogP) is 0.642. The standard InChI is InChI=1S/C12H14INO4/c13-6-10(15)12(17)14-7-11(16)18-8-9-4-2-1-3-5-9/h1-5,10,15H,6-8H2,(H,14,17)/t10-/m0/s1. The average molecular weight is 363 g/mol. The molecule has 0 aliphatic heterocycles. The van der Waals surface area contributed by atoms with E-state index in [0.717, 1.165) is 5.56 Å². The minimum absolute atomic E-state index is 0.171. The molecule has 18 heavy (non-hydrogen) atoms. The van der Waals surface area contributed by atoms with Crippen molar-refractivity contribution in [3.8, 4) is 0 Å². The van der Waals surface area contributed by atoms with E-state index in [2.05, 4.69) is 5.32 Å². The Bertz CT molecular complexity index is 396. The van der Waals surface area contributed by atoms with Crippen molar-refractivity contribution in [3.63, 3.8) is 0 Å². The van der Waals surface area contributed by atoms with Crippen LogP contribution in [0.1, 0.15) is 5.56 Å². The molecule has 0 radical (unpaired) electrons. The van der Waals surface area contributed by atoms with Gasteiger partial charge in [-0.2, -0.15) is 0 Å². The zero-order valence-corrected chi connectivity index (χ0v) is 11.8. The number of nitrogens with one attached hydrogen (secondary N) is 1. The topological polar surface area (TPSA) is 75.6 Å². The van der Waals surface area contributed by atoms with Gasteiger partial charge >= 0.3 is 5.97 Å². The molecule has 0 aromatic heterocycles. The van der Waals surface area contributed by atoms with Gasteiger partial charge in [-0.3, -0.25) is 9.59 Å². The predicted molar refractivity (Wildman–Crippen MR) is 74.1 cm³/mol. The van der Waals surface area contributed by atoms with E-state index in [1.807, 2.05) is 52.9 Å². The largest absolute Gasteiger partial charge is 0.460 e. The van der Waals surface area contributed by atoms with Crippen LogP contribution < -0.4 is 5.32 Å². The van der Waals surface area contributed by atoms with Gasteiger partial charge in [-0.05, 0) is 5.56 Å². The first-order valence-electron chi connectivity index (χ1n) is 5.34. The van der Waals surface area contributed by atoms with Gasteiger partial charge in [0.2, 0.25) is 5.91 Å². The minimum atomic E-state index is -1.09. The molecule has 1 aromatic carbocycles. The van der Waals surface area contributed by atoms with Gasteiger partial charge in [0.15, 0.2) is 0 Å². The molecule has 1 aromatic rings. The van der Waals surface area contributed by atoms with Crippen molar-refractivity contribution < 1.29 is 19.4 Å². The van der Waals surface area contributed by atoms with E-state index in [4.69, 9.17) is 4.74 Å². The molecule has 0 saturated heterocycles. The summed E-state index contributed by atoms with van der Waals surface area (Å²) in [6, 6.07) is 9.25. The summed E-state index contributed by atoms with van der Waals surface area (Å²) in [5, 5.41) is 11.5. The molecular formula is C12H14INO4. The van der Waals surface area contributed by atoms with Crippen molar-refractivity contribution in [3.05, 3.63) is 35.9 Å². The van der Waals surface area contributed by atoms with Crippen LogP contribution in [-0.4, -0.2) is 34.1 Å². The number of ether oxygens (including phenoxy) is 1. The maximum atomic E-state index is 11.3. The number of hydrogen-bond acceptors (Lipinski definition) is 4. The lowest BCUT2D eigenvalue weighted by molar-refractivity contribution is -0.145. The molecule has 1 rings (SSSR count). The Hall–Kier alpha value is -1.15. The highest BCUT2D eigenvalue weighted by Crippen LogP contribution is 2.00. The van der Waals surface area contributed by atoms with Crippen LogP contribution in [0.2, 0.25) is 0 Å². The van der Waals surface area contributed by atoms with Gasteiger partial charge < -0.3 is 15.2 Å². The highest BCUT2D eigenvalue weighted by atomic mass is 127. The number of benzene rings is 1. The molecular weight excluding hydrogens is 349 g/mol. The van der Waals surface area contributed by atoms with Crippen LogP contribution in [0.15, 0.2) is 30.3 Å². The molecule has 6 heteroatoms. The third-order valence-corrected chi connectivity index (χ3v) is 2.93. The summed E-state index contributed by atoms with van der Waals surface area (Å²) in [7, 11) is 0. The van der Waals surface area contributed by atoms with E-state index in [1.165, 1.54) is 0 Å². The third-order valence-electron chi connectivity index (χ3n) is 2.10. The van der Waals surface area contributed by atoms with Crippen molar-refractivity contribution in [2.75, 3.05) is 11.0 Å². The van der Waals surface area contributed by atoms with Crippen LogP contribution in [0.25, 0.3) is 0 Å². The summed E-state index contributed by atoms with van der Waals surface area (Å²) < 4.78 is 5.24. The number of carbonyl (C=O) groups is 2. The maximum absolute atomic E-state index is 11.3. The Labute approximate surface area is 119 Å². The van der Waals surface area contributed by atoms with Gasteiger partial charge in [0, 0.05) is 4.43 Å². The van der Waals surface area contributed by atoms with Crippen molar-refractivity contribution in [2.24, 2.45) is 0 Å². The Morgan fingerprint density at radius 1 is 1.33 bits per heavy atom. The summed E-state index contributed by atoms with van der Waals surface area (Å²) in [5.74, 6) is -1.10. The van der Waals surface area contributed by atoms with Gasteiger partial charge in [-0.25, -0.2) is 0 Å². The molecule has 0 saturated carbocycles. The molecule has 0 fully saturated rings. The molecule has 0 spiro atoms. The molecule has 0 unspecified atom stereocenters. The highest BCUT2D eigenvalue weighted by molar-refractivity contribution is 14.1. The summed E-state index contributed by atoms with van der Waals surface area (Å²) in [6.07, 6.45) is -1.09. The first-order valence-corrected chi connectivity index (χ1v) is 6.87. The molecule has 1 atom stereocenters. The number of esters is 1. The van der Waals surface area contributed by atoms with E-state index >= 15 is 0 Å². The summed E-state index contributed by atoms with van der Waals surface area (Å²) in [6.45, 7) is -0.0657. The summed E-state index contributed by atoms with van der Waals surface area (Å²) in [5.41, 5.74) is 0.879. The molecule has 5 nitrogen and oxygen atoms in total. The fourth-order valence-electron chi connectivity index (χ4n) is 1.14. The van der Waals surface area contributed by atoms with Crippen LogP contribution in [0, 0.1) is 0 Å². The first kappa shape index (κ1) is 14.9. The lowest BCUT2D eigenvalue weighted by Crippen LogP contribution is -2.38. The molecule has 0 aliphatic rings. The van der Waals surface area contributed by atoms with Crippen LogP contribution in [0.5, 0.6) is 0 Å². The fraction of sp³-hybridized carbons (Fsp3) is 0.333. The number of hydrogen-bond donors (Lipinski definition) is 2. The Morgan fingerprint density at radius 2 is 2.00 bits per heavy atom. The number of alkyl halides is 1.